The lowest BCUT2D eigenvalue weighted by atomic mass is 10.2. The topological polar surface area (TPSA) is 58.6 Å². The summed E-state index contributed by atoms with van der Waals surface area (Å²) in [5, 5.41) is 2.49. The highest BCUT2D eigenvalue weighted by Gasteiger charge is 2.22. The molecular formula is C18H17FN2O3. The highest BCUT2D eigenvalue weighted by molar-refractivity contribution is 5.88. The van der Waals surface area contributed by atoms with Gasteiger partial charge < -0.3 is 9.64 Å². The first-order valence-electron chi connectivity index (χ1n) is 7.66. The van der Waals surface area contributed by atoms with Gasteiger partial charge in [-0.25, -0.2) is 9.18 Å². The van der Waals surface area contributed by atoms with Gasteiger partial charge in [0.2, 0.25) is 0 Å². The van der Waals surface area contributed by atoms with Crippen molar-refractivity contribution in [1.29, 1.82) is 0 Å². The molecule has 0 radical (unpaired) electrons. The van der Waals surface area contributed by atoms with E-state index in [-0.39, 0.29) is 18.9 Å². The van der Waals surface area contributed by atoms with Crippen molar-refractivity contribution in [3.8, 4) is 0 Å². The number of amides is 1. The van der Waals surface area contributed by atoms with Crippen LogP contribution in [-0.2, 0) is 16.1 Å². The van der Waals surface area contributed by atoms with E-state index in [2.05, 4.69) is 5.32 Å². The minimum atomic E-state index is -0.651. The van der Waals surface area contributed by atoms with E-state index in [0.717, 1.165) is 5.56 Å². The molecule has 1 amide bonds. The molecule has 24 heavy (non-hydrogen) atoms. The van der Waals surface area contributed by atoms with Crippen LogP contribution in [0.5, 0.6) is 0 Å². The van der Waals surface area contributed by atoms with Gasteiger partial charge in [-0.2, -0.15) is 0 Å². The van der Waals surface area contributed by atoms with Crippen molar-refractivity contribution in [3.05, 3.63) is 59.9 Å². The molecule has 1 aliphatic heterocycles. The van der Waals surface area contributed by atoms with Crippen LogP contribution >= 0.6 is 0 Å². The third-order valence-corrected chi connectivity index (χ3v) is 3.78. The maximum absolute atomic E-state index is 14.2. The zero-order valence-corrected chi connectivity index (χ0v) is 13.0. The van der Waals surface area contributed by atoms with E-state index in [1.807, 2.05) is 30.3 Å². The monoisotopic (exact) mass is 328 g/mol. The highest BCUT2D eigenvalue weighted by atomic mass is 19.1. The molecular weight excluding hydrogens is 311 g/mol. The van der Waals surface area contributed by atoms with Crippen molar-refractivity contribution >= 4 is 23.3 Å². The Morgan fingerprint density at radius 2 is 2.00 bits per heavy atom. The lowest BCUT2D eigenvalue weighted by Gasteiger charge is -2.18. The number of Topliss-reactive ketones (excluding diaryl/α,β-unsaturated/α-hetero) is 1. The normalized spacial score (nSPS) is 13.9. The average molecular weight is 328 g/mol. The van der Waals surface area contributed by atoms with Crippen LogP contribution in [-0.4, -0.2) is 25.0 Å². The van der Waals surface area contributed by atoms with Crippen LogP contribution in [0.25, 0.3) is 0 Å². The fourth-order valence-electron chi connectivity index (χ4n) is 2.55. The van der Waals surface area contributed by atoms with Crippen LogP contribution in [0.1, 0.15) is 12.0 Å². The lowest BCUT2D eigenvalue weighted by Crippen LogP contribution is -2.21. The Kier molecular flexibility index (Phi) is 4.74. The Balaban J connectivity index is 1.58. The molecule has 0 bridgehead atoms. The predicted molar refractivity (Wildman–Crippen MR) is 88.5 cm³/mol. The van der Waals surface area contributed by atoms with Gasteiger partial charge in [0.25, 0.3) is 0 Å². The van der Waals surface area contributed by atoms with Crippen LogP contribution in [0.2, 0.25) is 0 Å². The van der Waals surface area contributed by atoms with Gasteiger partial charge in [0.15, 0.2) is 5.78 Å². The molecule has 3 rings (SSSR count). The number of carbonyl (C=O) groups excluding carboxylic acids is 2. The molecule has 1 heterocycles. The van der Waals surface area contributed by atoms with Crippen molar-refractivity contribution in [2.75, 3.05) is 23.3 Å². The first kappa shape index (κ1) is 16.0. The van der Waals surface area contributed by atoms with E-state index >= 15 is 0 Å². The molecule has 1 fully saturated rings. The summed E-state index contributed by atoms with van der Waals surface area (Å²) in [5.41, 5.74) is 1.54. The summed E-state index contributed by atoms with van der Waals surface area (Å²) in [7, 11) is 0. The Bertz CT molecular complexity index is 749. The molecule has 124 valence electrons. The van der Waals surface area contributed by atoms with Crippen molar-refractivity contribution in [2.24, 2.45) is 0 Å². The van der Waals surface area contributed by atoms with Gasteiger partial charge in [0.1, 0.15) is 12.4 Å². The lowest BCUT2D eigenvalue weighted by molar-refractivity contribution is -0.116. The zero-order valence-electron chi connectivity index (χ0n) is 13.0. The van der Waals surface area contributed by atoms with Crippen LogP contribution in [0.15, 0.2) is 48.5 Å². The second-order valence-electron chi connectivity index (χ2n) is 5.56. The Labute approximate surface area is 139 Å². The molecule has 0 spiro atoms. The first-order valence-corrected chi connectivity index (χ1v) is 7.66. The third-order valence-electron chi connectivity index (χ3n) is 3.78. The smallest absolute Gasteiger partial charge is 0.411 e. The number of carbonyl (C=O) groups is 2. The first-order chi connectivity index (χ1) is 11.6. The van der Waals surface area contributed by atoms with Gasteiger partial charge in [-0.15, -0.1) is 0 Å². The van der Waals surface area contributed by atoms with E-state index in [1.54, 1.807) is 17.0 Å². The summed E-state index contributed by atoms with van der Waals surface area (Å²) in [4.78, 5) is 24.8. The standard InChI is InChI=1S/C18H17FN2O3/c19-16-10-14(6-7-17(16)21-9-8-15(22)11-21)20-18(23)24-12-13-4-2-1-3-5-13/h1-7,10H,8-9,11-12H2,(H,20,23). The molecule has 1 aliphatic rings. The second-order valence-corrected chi connectivity index (χ2v) is 5.56. The largest absolute Gasteiger partial charge is 0.444 e. The van der Waals surface area contributed by atoms with Crippen LogP contribution in [0.3, 0.4) is 0 Å². The van der Waals surface area contributed by atoms with Gasteiger partial charge in [0, 0.05) is 18.7 Å². The summed E-state index contributed by atoms with van der Waals surface area (Å²) in [6, 6.07) is 13.6. The van der Waals surface area contributed by atoms with E-state index in [0.29, 0.717) is 24.3 Å². The molecule has 0 aliphatic carbocycles. The number of nitrogens with one attached hydrogen (secondary N) is 1. The number of ether oxygens (including phenoxy) is 1. The number of rotatable bonds is 4. The zero-order chi connectivity index (χ0) is 16.9. The number of hydrogen-bond donors (Lipinski definition) is 1. The number of ketones is 1. The number of benzene rings is 2. The molecule has 5 nitrogen and oxygen atoms in total. The fraction of sp³-hybridized carbons (Fsp3) is 0.222. The Morgan fingerprint density at radius 1 is 1.21 bits per heavy atom. The minimum absolute atomic E-state index is 0.0982. The molecule has 0 aromatic heterocycles. The molecule has 0 unspecified atom stereocenters. The quantitative estimate of drug-likeness (QED) is 0.935. The maximum Gasteiger partial charge on any atom is 0.411 e. The van der Waals surface area contributed by atoms with Crippen molar-refractivity contribution in [1.82, 2.24) is 0 Å². The molecule has 6 heteroatoms. The molecule has 0 saturated carbocycles. The number of nitrogens with zero attached hydrogens (tertiary/aromatic N) is 1. The summed E-state index contributed by atoms with van der Waals surface area (Å²) in [6.07, 6.45) is -0.215. The van der Waals surface area contributed by atoms with E-state index in [9.17, 15) is 14.0 Å². The SMILES string of the molecule is O=C1CCN(c2ccc(NC(=O)OCc3ccccc3)cc2F)C1. The number of halogens is 1. The van der Waals surface area contributed by atoms with Gasteiger partial charge in [-0.1, -0.05) is 30.3 Å². The summed E-state index contributed by atoms with van der Waals surface area (Å²) >= 11 is 0. The van der Waals surface area contributed by atoms with Gasteiger partial charge in [-0.05, 0) is 23.8 Å². The Morgan fingerprint density at radius 3 is 2.67 bits per heavy atom. The molecule has 2 aromatic rings. The fourth-order valence-corrected chi connectivity index (χ4v) is 2.55. The van der Waals surface area contributed by atoms with E-state index in [4.69, 9.17) is 4.74 Å². The van der Waals surface area contributed by atoms with Gasteiger partial charge in [0.05, 0.1) is 12.2 Å². The third kappa shape index (κ3) is 3.90. The van der Waals surface area contributed by atoms with Crippen molar-refractivity contribution in [2.45, 2.75) is 13.0 Å². The van der Waals surface area contributed by atoms with Crippen LogP contribution in [0, 0.1) is 5.82 Å². The molecule has 1 saturated heterocycles. The molecule has 1 N–H and O–H groups in total. The molecule has 2 aromatic carbocycles. The van der Waals surface area contributed by atoms with Gasteiger partial charge in [-0.3, -0.25) is 10.1 Å². The van der Waals surface area contributed by atoms with E-state index < -0.39 is 11.9 Å². The molecule has 0 atom stereocenters. The second kappa shape index (κ2) is 7.12. The average Bonchev–Trinajstić information content (AvgIpc) is 3.00. The van der Waals surface area contributed by atoms with Crippen LogP contribution in [0.4, 0.5) is 20.6 Å². The Hall–Kier alpha value is -2.89. The predicted octanol–water partition coefficient (Wildman–Crippen LogP) is 3.35. The minimum Gasteiger partial charge on any atom is -0.444 e. The van der Waals surface area contributed by atoms with E-state index in [1.165, 1.54) is 6.07 Å². The van der Waals surface area contributed by atoms with Crippen LogP contribution < -0.4 is 10.2 Å². The van der Waals surface area contributed by atoms with Gasteiger partial charge >= 0.3 is 6.09 Å². The summed E-state index contributed by atoms with van der Waals surface area (Å²) < 4.78 is 19.3. The number of hydrogen-bond acceptors (Lipinski definition) is 4. The summed E-state index contributed by atoms with van der Waals surface area (Å²) in [6.45, 7) is 0.883. The summed E-state index contributed by atoms with van der Waals surface area (Å²) in [5.74, 6) is -0.383. The maximum atomic E-state index is 14.2. The highest BCUT2D eigenvalue weighted by Crippen LogP contribution is 2.25. The van der Waals surface area contributed by atoms with Crippen molar-refractivity contribution < 1.29 is 18.7 Å². The van der Waals surface area contributed by atoms with Crippen molar-refractivity contribution in [3.63, 3.8) is 0 Å². The number of anilines is 2.